The van der Waals surface area contributed by atoms with E-state index in [2.05, 4.69) is 6.92 Å². The van der Waals surface area contributed by atoms with E-state index in [0.717, 1.165) is 32.3 Å². The number of hydrogen-bond acceptors (Lipinski definition) is 2. The fraction of sp³-hybridized carbons (Fsp3) is 0.909. The molecular weight excluding hydrogens is 164 g/mol. The van der Waals surface area contributed by atoms with E-state index in [9.17, 15) is 4.79 Å². The number of ketones is 1. The van der Waals surface area contributed by atoms with Crippen LogP contribution in [0.15, 0.2) is 0 Å². The molecule has 0 aromatic carbocycles. The second-order valence-electron chi connectivity index (χ2n) is 4.24. The van der Waals surface area contributed by atoms with Crippen molar-refractivity contribution in [1.29, 1.82) is 0 Å². The summed E-state index contributed by atoms with van der Waals surface area (Å²) in [7, 11) is 0. The Morgan fingerprint density at radius 1 is 1.38 bits per heavy atom. The zero-order valence-corrected chi connectivity index (χ0v) is 8.29. The molecule has 74 valence electrons. The summed E-state index contributed by atoms with van der Waals surface area (Å²) in [6, 6.07) is 0. The van der Waals surface area contributed by atoms with Crippen molar-refractivity contribution in [3.05, 3.63) is 0 Å². The molecule has 2 heteroatoms. The first-order valence-electron chi connectivity index (χ1n) is 5.48. The average molecular weight is 182 g/mol. The van der Waals surface area contributed by atoms with E-state index < -0.39 is 0 Å². The van der Waals surface area contributed by atoms with Gasteiger partial charge in [-0.1, -0.05) is 13.3 Å². The van der Waals surface area contributed by atoms with Crippen LogP contribution in [0.4, 0.5) is 0 Å². The molecule has 2 rings (SSSR count). The second kappa shape index (κ2) is 3.79. The summed E-state index contributed by atoms with van der Waals surface area (Å²) in [5, 5.41) is 0. The fourth-order valence-electron chi connectivity index (χ4n) is 2.37. The predicted molar refractivity (Wildman–Crippen MR) is 50.5 cm³/mol. The van der Waals surface area contributed by atoms with Crippen molar-refractivity contribution >= 4 is 5.78 Å². The van der Waals surface area contributed by atoms with Gasteiger partial charge in [-0.25, -0.2) is 0 Å². The van der Waals surface area contributed by atoms with Crippen LogP contribution in [-0.2, 0) is 9.53 Å². The van der Waals surface area contributed by atoms with E-state index in [4.69, 9.17) is 4.74 Å². The normalized spacial score (nSPS) is 34.5. The molecular formula is C11H18O2. The van der Waals surface area contributed by atoms with Crippen molar-refractivity contribution in [2.45, 2.75) is 45.1 Å². The number of carbonyl (C=O) groups is 1. The van der Waals surface area contributed by atoms with E-state index in [0.29, 0.717) is 11.7 Å². The Balaban J connectivity index is 1.94. The summed E-state index contributed by atoms with van der Waals surface area (Å²) in [4.78, 5) is 11.9. The lowest BCUT2D eigenvalue weighted by Gasteiger charge is -2.28. The lowest BCUT2D eigenvalue weighted by Crippen LogP contribution is -2.32. The molecule has 2 nitrogen and oxygen atoms in total. The monoisotopic (exact) mass is 182 g/mol. The Hall–Kier alpha value is -0.370. The summed E-state index contributed by atoms with van der Waals surface area (Å²) in [6.45, 7) is 2.90. The molecule has 0 amide bonds. The van der Waals surface area contributed by atoms with Gasteiger partial charge in [0.05, 0.1) is 6.10 Å². The second-order valence-corrected chi connectivity index (χ2v) is 4.24. The van der Waals surface area contributed by atoms with Crippen LogP contribution in [0.3, 0.4) is 0 Å². The molecule has 1 aliphatic carbocycles. The van der Waals surface area contributed by atoms with Gasteiger partial charge in [0, 0.05) is 18.4 Å². The fourth-order valence-corrected chi connectivity index (χ4v) is 2.37. The molecule has 1 saturated carbocycles. The van der Waals surface area contributed by atoms with Crippen LogP contribution in [-0.4, -0.2) is 18.5 Å². The van der Waals surface area contributed by atoms with Gasteiger partial charge in [0.2, 0.25) is 0 Å². The minimum atomic E-state index is 0.230. The highest BCUT2D eigenvalue weighted by molar-refractivity contribution is 5.84. The van der Waals surface area contributed by atoms with Crippen LogP contribution in [0.1, 0.15) is 39.0 Å². The molecule has 0 aromatic heterocycles. The van der Waals surface area contributed by atoms with Crippen LogP contribution >= 0.6 is 0 Å². The van der Waals surface area contributed by atoms with Crippen LogP contribution in [0.2, 0.25) is 0 Å². The van der Waals surface area contributed by atoms with Crippen LogP contribution in [0.25, 0.3) is 0 Å². The Labute approximate surface area is 79.7 Å². The zero-order valence-electron chi connectivity index (χ0n) is 8.29. The number of hydrogen-bond donors (Lipinski definition) is 0. The number of Topliss-reactive ketones (excluding diaryl/α,β-unsaturated/α-hetero) is 1. The van der Waals surface area contributed by atoms with Crippen molar-refractivity contribution in [2.24, 2.45) is 11.8 Å². The Kier molecular flexibility index (Phi) is 2.68. The topological polar surface area (TPSA) is 26.3 Å². The average Bonchev–Trinajstić information content (AvgIpc) is 2.47. The van der Waals surface area contributed by atoms with E-state index in [1.54, 1.807) is 0 Å². The van der Waals surface area contributed by atoms with Crippen LogP contribution in [0, 0.1) is 11.8 Å². The first-order chi connectivity index (χ1) is 6.33. The van der Waals surface area contributed by atoms with Gasteiger partial charge in [-0.05, 0) is 25.7 Å². The van der Waals surface area contributed by atoms with Gasteiger partial charge in [0.25, 0.3) is 0 Å². The van der Waals surface area contributed by atoms with E-state index in [-0.39, 0.29) is 12.0 Å². The highest BCUT2D eigenvalue weighted by Crippen LogP contribution is 2.34. The van der Waals surface area contributed by atoms with Gasteiger partial charge in [0.1, 0.15) is 5.78 Å². The van der Waals surface area contributed by atoms with Crippen LogP contribution < -0.4 is 0 Å². The molecule has 1 saturated heterocycles. The Morgan fingerprint density at radius 3 is 2.69 bits per heavy atom. The quantitative estimate of drug-likeness (QED) is 0.668. The molecule has 1 aliphatic heterocycles. The molecule has 2 atom stereocenters. The first kappa shape index (κ1) is 9.20. The molecule has 0 N–H and O–H groups in total. The third-order valence-electron chi connectivity index (χ3n) is 3.48. The smallest absolute Gasteiger partial charge is 0.141 e. The summed E-state index contributed by atoms with van der Waals surface area (Å²) >= 11 is 0. The lowest BCUT2D eigenvalue weighted by atomic mass is 9.76. The standard InChI is InChI=1S/C11H18O2/c1-2-10-9(6-7-13-10)11(12)8-4-3-5-8/h8-10H,2-7H2,1H3. The zero-order chi connectivity index (χ0) is 9.26. The molecule has 2 fully saturated rings. The number of ether oxygens (including phenoxy) is 1. The number of carbonyl (C=O) groups excluding carboxylic acids is 1. The van der Waals surface area contributed by atoms with Gasteiger partial charge in [-0.15, -0.1) is 0 Å². The van der Waals surface area contributed by atoms with Crippen molar-refractivity contribution in [3.8, 4) is 0 Å². The third-order valence-corrected chi connectivity index (χ3v) is 3.48. The highest BCUT2D eigenvalue weighted by Gasteiger charge is 2.38. The highest BCUT2D eigenvalue weighted by atomic mass is 16.5. The van der Waals surface area contributed by atoms with Gasteiger partial charge < -0.3 is 4.74 Å². The number of rotatable bonds is 3. The van der Waals surface area contributed by atoms with E-state index in [1.165, 1.54) is 6.42 Å². The first-order valence-corrected chi connectivity index (χ1v) is 5.48. The minimum absolute atomic E-state index is 0.230. The van der Waals surface area contributed by atoms with E-state index in [1.807, 2.05) is 0 Å². The molecule has 0 spiro atoms. The Morgan fingerprint density at radius 2 is 2.15 bits per heavy atom. The van der Waals surface area contributed by atoms with Gasteiger partial charge in [-0.2, -0.15) is 0 Å². The lowest BCUT2D eigenvalue weighted by molar-refractivity contribution is -0.131. The SMILES string of the molecule is CCC1OCCC1C(=O)C1CCC1. The maximum Gasteiger partial charge on any atom is 0.141 e. The van der Waals surface area contributed by atoms with Crippen LogP contribution in [0.5, 0.6) is 0 Å². The molecule has 0 bridgehead atoms. The van der Waals surface area contributed by atoms with Gasteiger partial charge in [-0.3, -0.25) is 4.79 Å². The molecule has 2 unspecified atom stereocenters. The van der Waals surface area contributed by atoms with Gasteiger partial charge >= 0.3 is 0 Å². The van der Waals surface area contributed by atoms with Crippen molar-refractivity contribution in [2.75, 3.05) is 6.61 Å². The van der Waals surface area contributed by atoms with Crippen molar-refractivity contribution in [3.63, 3.8) is 0 Å². The summed E-state index contributed by atoms with van der Waals surface area (Å²) < 4.78 is 5.53. The minimum Gasteiger partial charge on any atom is -0.377 e. The Bertz CT molecular complexity index is 196. The van der Waals surface area contributed by atoms with Gasteiger partial charge in [0.15, 0.2) is 0 Å². The molecule has 1 heterocycles. The maximum atomic E-state index is 11.9. The van der Waals surface area contributed by atoms with Crippen molar-refractivity contribution in [1.82, 2.24) is 0 Å². The predicted octanol–water partition coefficient (Wildman–Crippen LogP) is 2.17. The summed E-state index contributed by atoms with van der Waals surface area (Å²) in [5.41, 5.74) is 0. The third kappa shape index (κ3) is 1.64. The summed E-state index contributed by atoms with van der Waals surface area (Å²) in [5.74, 6) is 1.12. The molecule has 0 aromatic rings. The summed E-state index contributed by atoms with van der Waals surface area (Å²) in [6.07, 6.45) is 5.70. The van der Waals surface area contributed by atoms with E-state index >= 15 is 0 Å². The molecule has 2 aliphatic rings. The largest absolute Gasteiger partial charge is 0.377 e. The molecule has 0 radical (unpaired) electrons. The maximum absolute atomic E-state index is 11.9. The molecule has 13 heavy (non-hydrogen) atoms. The van der Waals surface area contributed by atoms with Crippen molar-refractivity contribution < 1.29 is 9.53 Å².